The summed E-state index contributed by atoms with van der Waals surface area (Å²) < 4.78 is 10.6. The first-order valence-corrected chi connectivity index (χ1v) is 11.4. The van der Waals surface area contributed by atoms with Crippen molar-refractivity contribution in [2.75, 3.05) is 0 Å². The fraction of sp³-hybridized carbons (Fsp3) is 0.269. The molecule has 1 atom stereocenters. The molecule has 3 heterocycles. The minimum Gasteiger partial charge on any atom is -0.504 e. The Morgan fingerprint density at radius 1 is 1.16 bits per heavy atom. The van der Waals surface area contributed by atoms with Gasteiger partial charge in [0.1, 0.15) is 16.9 Å². The van der Waals surface area contributed by atoms with E-state index in [9.17, 15) is 34.8 Å². The summed E-state index contributed by atoms with van der Waals surface area (Å²) in [7, 11) is 0. The van der Waals surface area contributed by atoms with Gasteiger partial charge < -0.3 is 39.7 Å². The molecule has 37 heavy (non-hydrogen) atoms. The molecule has 194 valence electrons. The van der Waals surface area contributed by atoms with E-state index in [1.165, 1.54) is 17.9 Å². The van der Waals surface area contributed by atoms with E-state index in [1.807, 2.05) is 24.4 Å². The molecule has 0 bridgehead atoms. The monoisotopic (exact) mass is 511 g/mol. The molecular weight excluding hydrogens is 486 g/mol. The molecule has 6 N–H and O–H groups in total. The standard InChI is InChI=1S/C14H12O8.C12H13NO2/c1-14(20)3-8-5(4-21-14)11(16)9-7(22-8)2-6(15)12(17)10(9)13(18)19;14-12(15)7-3-4-9-8-13-11-6-2-1-5-10(9)11/h2,15,17,20H,3-4H2,1H3,(H,18,19);1-2,5-6,8,13H,3-4,7H2,(H,14,15). The largest absolute Gasteiger partial charge is 0.504 e. The van der Waals surface area contributed by atoms with Crippen molar-refractivity contribution >= 4 is 33.8 Å². The first kappa shape index (κ1) is 25.7. The highest BCUT2D eigenvalue weighted by Gasteiger charge is 2.34. The molecule has 0 saturated heterocycles. The Morgan fingerprint density at radius 2 is 1.89 bits per heavy atom. The molecular formula is C26H25NO10. The van der Waals surface area contributed by atoms with Gasteiger partial charge in [0, 0.05) is 29.6 Å². The number of ether oxygens (including phenoxy) is 1. The molecule has 1 aliphatic rings. The lowest BCUT2D eigenvalue weighted by atomic mass is 9.99. The second-order valence-electron chi connectivity index (χ2n) is 8.88. The third-order valence-corrected chi connectivity index (χ3v) is 6.06. The number of carboxylic acids is 2. The number of nitrogens with one attached hydrogen (secondary N) is 1. The number of hydrogen-bond donors (Lipinski definition) is 6. The summed E-state index contributed by atoms with van der Waals surface area (Å²) in [6.45, 7) is 1.15. The molecule has 0 radical (unpaired) electrons. The van der Waals surface area contributed by atoms with Gasteiger partial charge in [0.2, 0.25) is 0 Å². The average Bonchev–Trinajstić information content (AvgIpc) is 3.23. The van der Waals surface area contributed by atoms with Gasteiger partial charge in [-0.25, -0.2) is 4.79 Å². The van der Waals surface area contributed by atoms with Crippen molar-refractivity contribution in [1.29, 1.82) is 0 Å². The summed E-state index contributed by atoms with van der Waals surface area (Å²) in [5.74, 6) is -5.28. The van der Waals surface area contributed by atoms with Crippen LogP contribution in [-0.4, -0.2) is 48.2 Å². The van der Waals surface area contributed by atoms with E-state index < -0.39 is 40.2 Å². The Balaban J connectivity index is 0.000000186. The van der Waals surface area contributed by atoms with Crippen molar-refractivity contribution in [3.05, 3.63) is 69.2 Å². The van der Waals surface area contributed by atoms with Crippen LogP contribution >= 0.6 is 0 Å². The highest BCUT2D eigenvalue weighted by atomic mass is 16.6. The quantitative estimate of drug-likeness (QED) is 0.217. The number of phenols is 2. The van der Waals surface area contributed by atoms with Crippen molar-refractivity contribution in [3.63, 3.8) is 0 Å². The molecule has 0 saturated carbocycles. The van der Waals surface area contributed by atoms with Crippen LogP contribution in [-0.2, 0) is 29.0 Å². The normalized spacial score (nSPS) is 16.7. The second kappa shape index (κ2) is 9.96. The number of carbonyl (C=O) groups is 2. The lowest BCUT2D eigenvalue weighted by Gasteiger charge is -2.28. The highest BCUT2D eigenvalue weighted by Crippen LogP contribution is 2.36. The van der Waals surface area contributed by atoms with Gasteiger partial charge in [0.15, 0.2) is 22.7 Å². The molecule has 4 aromatic rings. The van der Waals surface area contributed by atoms with Crippen molar-refractivity contribution in [1.82, 2.24) is 4.98 Å². The van der Waals surface area contributed by atoms with Gasteiger partial charge in [0.25, 0.3) is 0 Å². The summed E-state index contributed by atoms with van der Waals surface area (Å²) >= 11 is 0. The second-order valence-corrected chi connectivity index (χ2v) is 8.88. The topological polar surface area (TPSA) is 191 Å². The molecule has 5 rings (SSSR count). The third-order valence-electron chi connectivity index (χ3n) is 6.06. The maximum Gasteiger partial charge on any atom is 0.340 e. The molecule has 1 aliphatic heterocycles. The Labute approximate surface area is 209 Å². The summed E-state index contributed by atoms with van der Waals surface area (Å²) in [6, 6.07) is 9.03. The van der Waals surface area contributed by atoms with Gasteiger partial charge in [0.05, 0.1) is 24.0 Å². The number of carboxylic acid groups (broad SMARTS) is 2. The number of aliphatic carboxylic acids is 1. The number of rotatable bonds is 5. The number of H-pyrrole nitrogens is 1. The molecule has 0 spiro atoms. The van der Waals surface area contributed by atoms with Crippen molar-refractivity contribution < 1.29 is 44.3 Å². The number of hydrogen-bond acceptors (Lipinski definition) is 8. The van der Waals surface area contributed by atoms with Crippen molar-refractivity contribution in [2.45, 2.75) is 45.0 Å². The number of aromatic amines is 1. The van der Waals surface area contributed by atoms with Crippen LogP contribution in [0.3, 0.4) is 0 Å². The van der Waals surface area contributed by atoms with Crippen molar-refractivity contribution in [3.8, 4) is 11.5 Å². The van der Waals surface area contributed by atoms with Crippen LogP contribution in [0.15, 0.2) is 45.7 Å². The first-order chi connectivity index (χ1) is 17.5. The summed E-state index contributed by atoms with van der Waals surface area (Å²) in [5.41, 5.74) is 0.791. The minimum atomic E-state index is -1.57. The Morgan fingerprint density at radius 3 is 2.59 bits per heavy atom. The molecule has 0 aliphatic carbocycles. The van der Waals surface area contributed by atoms with Gasteiger partial charge in [-0.15, -0.1) is 0 Å². The SMILES string of the molecule is CC1(O)Cc2oc3cc(O)c(O)c(C(=O)O)c3c(=O)c2CO1.O=C(O)CCCc1c[nH]c2ccccc12. The molecule has 11 nitrogen and oxygen atoms in total. The van der Waals surface area contributed by atoms with Gasteiger partial charge in [-0.3, -0.25) is 9.59 Å². The molecule has 2 aromatic heterocycles. The fourth-order valence-corrected chi connectivity index (χ4v) is 4.25. The first-order valence-electron chi connectivity index (χ1n) is 11.4. The van der Waals surface area contributed by atoms with Gasteiger partial charge >= 0.3 is 11.9 Å². The number of aromatic nitrogens is 1. The van der Waals surface area contributed by atoms with Crippen molar-refractivity contribution in [2.24, 2.45) is 0 Å². The maximum atomic E-state index is 12.5. The smallest absolute Gasteiger partial charge is 0.340 e. The van der Waals surface area contributed by atoms with Crippen LogP contribution in [0.25, 0.3) is 21.9 Å². The molecule has 1 unspecified atom stereocenters. The van der Waals surface area contributed by atoms with E-state index in [0.29, 0.717) is 6.42 Å². The highest BCUT2D eigenvalue weighted by molar-refractivity contribution is 6.06. The van der Waals surface area contributed by atoms with Gasteiger partial charge in [-0.05, 0) is 31.4 Å². The van der Waals surface area contributed by atoms with E-state index in [4.69, 9.17) is 14.3 Å². The number of aromatic carboxylic acids is 1. The van der Waals surface area contributed by atoms with E-state index in [-0.39, 0.29) is 41.7 Å². The zero-order chi connectivity index (χ0) is 26.9. The summed E-state index contributed by atoms with van der Waals surface area (Å²) in [6.07, 6.45) is 3.61. The Bertz CT molecular complexity index is 1560. The number of aromatic hydroxyl groups is 2. The van der Waals surface area contributed by atoms with E-state index in [0.717, 1.165) is 18.0 Å². The summed E-state index contributed by atoms with van der Waals surface area (Å²) in [4.78, 5) is 37.3. The van der Waals surface area contributed by atoms with E-state index in [1.54, 1.807) is 0 Å². The lowest BCUT2D eigenvalue weighted by molar-refractivity contribution is -0.207. The number of benzene rings is 2. The van der Waals surface area contributed by atoms with Gasteiger partial charge in [-0.1, -0.05) is 18.2 Å². The van der Waals surface area contributed by atoms with E-state index in [2.05, 4.69) is 11.1 Å². The average molecular weight is 511 g/mol. The van der Waals surface area contributed by atoms with Gasteiger partial charge in [-0.2, -0.15) is 0 Å². The third kappa shape index (κ3) is 5.27. The predicted octanol–water partition coefficient (Wildman–Crippen LogP) is 3.26. The minimum absolute atomic E-state index is 0.0756. The Hall–Kier alpha value is -4.35. The number of fused-ring (bicyclic) bond motifs is 3. The summed E-state index contributed by atoms with van der Waals surface area (Å²) in [5, 5.41) is 47.7. The zero-order valence-electron chi connectivity index (χ0n) is 19.8. The maximum absolute atomic E-state index is 12.5. The number of para-hydroxylation sites is 1. The molecule has 11 heteroatoms. The molecule has 2 aromatic carbocycles. The number of phenolic OH excluding ortho intramolecular Hbond substituents is 1. The van der Waals surface area contributed by atoms with Crippen LogP contribution in [0.1, 0.15) is 47.0 Å². The molecule has 0 amide bonds. The van der Waals surface area contributed by atoms with Crippen LogP contribution in [0.2, 0.25) is 0 Å². The van der Waals surface area contributed by atoms with Crippen LogP contribution in [0.5, 0.6) is 11.5 Å². The van der Waals surface area contributed by atoms with Crippen LogP contribution < -0.4 is 5.43 Å². The molecule has 0 fully saturated rings. The predicted molar refractivity (Wildman–Crippen MR) is 131 cm³/mol. The Kier molecular flexibility index (Phi) is 6.92. The zero-order valence-corrected chi connectivity index (χ0v) is 19.8. The van der Waals surface area contributed by atoms with Crippen LogP contribution in [0.4, 0.5) is 0 Å². The van der Waals surface area contributed by atoms with E-state index >= 15 is 0 Å². The number of aryl methyl sites for hydroxylation is 1. The fourth-order valence-electron chi connectivity index (χ4n) is 4.25. The van der Waals surface area contributed by atoms with Crippen LogP contribution in [0, 0.1) is 0 Å². The number of aliphatic hydroxyl groups is 1. The lowest BCUT2D eigenvalue weighted by Crippen LogP contribution is -2.37.